The van der Waals surface area contributed by atoms with Crippen LogP contribution in [0.2, 0.25) is 0 Å². The summed E-state index contributed by atoms with van der Waals surface area (Å²) in [6.45, 7) is 15.7. The van der Waals surface area contributed by atoms with Crippen LogP contribution in [0.3, 0.4) is 0 Å². The van der Waals surface area contributed by atoms with Crippen LogP contribution in [-0.2, 0) is 17.8 Å². The number of nitrogens with one attached hydrogen (secondary N) is 1. The molecule has 1 aromatic heterocycles. The molecule has 37 heavy (non-hydrogen) atoms. The van der Waals surface area contributed by atoms with Crippen molar-refractivity contribution in [3.63, 3.8) is 0 Å². The second-order valence-electron chi connectivity index (χ2n) is 11.1. The molecule has 2 aromatic rings. The Hall–Kier alpha value is -3.21. The molecule has 1 aromatic carbocycles. The van der Waals surface area contributed by atoms with Crippen LogP contribution in [-0.4, -0.2) is 15.7 Å². The summed E-state index contributed by atoms with van der Waals surface area (Å²) in [5.41, 5.74) is 11.3. The van der Waals surface area contributed by atoms with E-state index in [1.165, 1.54) is 16.7 Å². The number of carbonyl (C=O) groups is 1. The number of ketones is 1. The molecule has 1 N–H and O–H groups in total. The van der Waals surface area contributed by atoms with E-state index in [4.69, 9.17) is 4.98 Å². The van der Waals surface area contributed by atoms with Crippen molar-refractivity contribution in [1.82, 2.24) is 15.2 Å². The number of pyridine rings is 1. The highest BCUT2D eigenvalue weighted by Crippen LogP contribution is 2.50. The zero-order valence-electron chi connectivity index (χ0n) is 22.3. The molecule has 0 saturated heterocycles. The minimum atomic E-state index is -0.189. The maximum absolute atomic E-state index is 15.1. The molecule has 0 saturated carbocycles. The highest BCUT2D eigenvalue weighted by Gasteiger charge is 2.41. The second kappa shape index (κ2) is 8.97. The van der Waals surface area contributed by atoms with E-state index in [2.05, 4.69) is 43.3 Å². The maximum Gasteiger partial charge on any atom is 0.140 e. The van der Waals surface area contributed by atoms with Crippen LogP contribution < -0.4 is 5.32 Å². The normalized spacial score (nSPS) is 22.2. The van der Waals surface area contributed by atoms with E-state index in [9.17, 15) is 4.79 Å². The zero-order valence-corrected chi connectivity index (χ0v) is 22.3. The number of Topliss-reactive ketones (excluding diaryl/α,β-unsaturated/α-hetero) is 1. The second-order valence-corrected chi connectivity index (χ2v) is 11.1. The van der Waals surface area contributed by atoms with Gasteiger partial charge in [0.2, 0.25) is 0 Å². The molecular formula is C32H36FN3O. The number of aromatic nitrogens is 1. The Morgan fingerprint density at radius 1 is 1.24 bits per heavy atom. The Morgan fingerprint density at radius 3 is 2.81 bits per heavy atom. The van der Waals surface area contributed by atoms with E-state index in [0.717, 1.165) is 95.3 Å². The van der Waals surface area contributed by atoms with Crippen LogP contribution in [0, 0.1) is 18.7 Å². The van der Waals surface area contributed by atoms with Gasteiger partial charge in [0.15, 0.2) is 0 Å². The predicted molar refractivity (Wildman–Crippen MR) is 147 cm³/mol. The van der Waals surface area contributed by atoms with Crippen molar-refractivity contribution in [2.45, 2.75) is 84.7 Å². The average molecular weight is 498 g/mol. The fraction of sp³-hybridized carbons (Fsp3) is 0.438. The number of nitrogens with zero attached hydrogens (tertiary/aromatic N) is 2. The molecule has 3 heterocycles. The number of benzene rings is 1. The van der Waals surface area contributed by atoms with Crippen LogP contribution in [0.15, 0.2) is 47.8 Å². The van der Waals surface area contributed by atoms with E-state index in [1.54, 1.807) is 6.07 Å². The molecule has 0 spiro atoms. The van der Waals surface area contributed by atoms with Crippen molar-refractivity contribution in [1.29, 1.82) is 0 Å². The van der Waals surface area contributed by atoms with Crippen LogP contribution in [0.1, 0.15) is 92.8 Å². The SMILES string of the molecule is C=C(CCCC)NC1CCc2c(C)c(F)cc3nc4c(c1c23)CN1C(=C)C2=C(C=C41)C(CC)C(=O)CC2. The molecule has 0 radical (unpaired) electrons. The van der Waals surface area contributed by atoms with E-state index in [1.807, 2.05) is 6.92 Å². The summed E-state index contributed by atoms with van der Waals surface area (Å²) < 4.78 is 15.1. The summed E-state index contributed by atoms with van der Waals surface area (Å²) in [4.78, 5) is 20.1. The van der Waals surface area contributed by atoms with Gasteiger partial charge >= 0.3 is 0 Å². The minimum Gasteiger partial charge on any atom is -0.382 e. The lowest BCUT2D eigenvalue weighted by molar-refractivity contribution is -0.122. The fourth-order valence-electron chi connectivity index (χ4n) is 6.96. The number of hydrogen-bond donors (Lipinski definition) is 1. The van der Waals surface area contributed by atoms with Crippen LogP contribution in [0.4, 0.5) is 4.39 Å². The smallest absolute Gasteiger partial charge is 0.140 e. The van der Waals surface area contributed by atoms with Gasteiger partial charge in [0.05, 0.1) is 29.5 Å². The number of unbranched alkanes of at least 4 members (excludes halogenated alkanes) is 1. The zero-order chi connectivity index (χ0) is 26.0. The van der Waals surface area contributed by atoms with Gasteiger partial charge in [-0.2, -0.15) is 0 Å². The summed E-state index contributed by atoms with van der Waals surface area (Å²) in [7, 11) is 0. The van der Waals surface area contributed by atoms with Crippen molar-refractivity contribution in [3.8, 4) is 0 Å². The number of fused-ring (bicyclic) bond motifs is 4. The van der Waals surface area contributed by atoms with Gasteiger partial charge in [-0.3, -0.25) is 4.79 Å². The molecule has 4 aliphatic rings. The topological polar surface area (TPSA) is 45.2 Å². The summed E-state index contributed by atoms with van der Waals surface area (Å²) in [5, 5.41) is 4.86. The van der Waals surface area contributed by atoms with Crippen LogP contribution in [0.5, 0.6) is 0 Å². The number of rotatable bonds is 6. The van der Waals surface area contributed by atoms with Gasteiger partial charge in [-0.1, -0.05) is 33.4 Å². The number of carbonyl (C=O) groups excluding carboxylic acids is 1. The summed E-state index contributed by atoms with van der Waals surface area (Å²) in [6.07, 6.45) is 9.22. The summed E-state index contributed by atoms with van der Waals surface area (Å²) >= 11 is 0. The Morgan fingerprint density at radius 2 is 2.05 bits per heavy atom. The molecule has 2 aliphatic heterocycles. The average Bonchev–Trinajstić information content (AvgIpc) is 3.25. The van der Waals surface area contributed by atoms with Crippen molar-refractivity contribution < 1.29 is 9.18 Å². The third kappa shape index (κ3) is 3.61. The Kier molecular flexibility index (Phi) is 5.85. The lowest BCUT2D eigenvalue weighted by Crippen LogP contribution is -2.29. The first-order chi connectivity index (χ1) is 17.8. The van der Waals surface area contributed by atoms with Gasteiger partial charge in [-0.15, -0.1) is 0 Å². The minimum absolute atomic E-state index is 0.0824. The van der Waals surface area contributed by atoms with Crippen molar-refractivity contribution >= 4 is 22.4 Å². The summed E-state index contributed by atoms with van der Waals surface area (Å²) in [5.74, 6) is 0.0441. The Bertz CT molecular complexity index is 1450. The largest absolute Gasteiger partial charge is 0.382 e. The third-order valence-corrected chi connectivity index (χ3v) is 8.94. The van der Waals surface area contributed by atoms with E-state index in [-0.39, 0.29) is 17.8 Å². The number of allylic oxidation sites excluding steroid dienone is 4. The molecule has 5 heteroatoms. The molecule has 4 nitrogen and oxygen atoms in total. The van der Waals surface area contributed by atoms with Crippen molar-refractivity contribution in [2.75, 3.05) is 0 Å². The molecular weight excluding hydrogens is 461 g/mol. The first-order valence-corrected chi connectivity index (χ1v) is 13.9. The molecule has 192 valence electrons. The van der Waals surface area contributed by atoms with Gasteiger partial charge in [-0.05, 0) is 79.4 Å². The highest BCUT2D eigenvalue weighted by molar-refractivity contribution is 5.94. The molecule has 0 amide bonds. The summed E-state index contributed by atoms with van der Waals surface area (Å²) in [6, 6.07) is 1.72. The third-order valence-electron chi connectivity index (χ3n) is 8.94. The lowest BCUT2D eigenvalue weighted by Gasteiger charge is -2.35. The molecule has 2 atom stereocenters. The van der Waals surface area contributed by atoms with Crippen molar-refractivity contribution in [2.24, 2.45) is 5.92 Å². The van der Waals surface area contributed by atoms with Gasteiger partial charge in [0.25, 0.3) is 0 Å². The molecule has 2 aliphatic carbocycles. The lowest BCUT2D eigenvalue weighted by atomic mass is 9.77. The van der Waals surface area contributed by atoms with Crippen LogP contribution >= 0.6 is 0 Å². The first kappa shape index (κ1) is 24.1. The maximum atomic E-state index is 15.1. The molecule has 2 unspecified atom stereocenters. The van der Waals surface area contributed by atoms with E-state index >= 15 is 4.39 Å². The Balaban J connectivity index is 1.55. The number of aryl methyl sites for hydroxylation is 1. The quantitative estimate of drug-likeness (QED) is 0.454. The van der Waals surface area contributed by atoms with Gasteiger partial charge < -0.3 is 10.2 Å². The molecule has 0 fully saturated rings. The van der Waals surface area contributed by atoms with Gasteiger partial charge in [0.1, 0.15) is 11.6 Å². The van der Waals surface area contributed by atoms with E-state index < -0.39 is 0 Å². The molecule has 0 bridgehead atoms. The first-order valence-electron chi connectivity index (χ1n) is 13.9. The molecule has 6 rings (SSSR count). The number of halogens is 1. The standard InChI is InChI=1S/C32H36FN3O/c1-6-8-9-17(3)34-26-12-10-21-18(4)25(33)15-27-30(21)31(26)24-16-36-19(5)22-11-13-29(37)20(7-2)23(22)14-28(36)32(24)35-27/h14-15,20,26,34H,3,5-13,16H2,1-2,4H3. The monoisotopic (exact) mass is 497 g/mol. The van der Waals surface area contributed by atoms with Gasteiger partial charge in [0, 0.05) is 40.7 Å². The van der Waals surface area contributed by atoms with Crippen LogP contribution in [0.25, 0.3) is 16.6 Å². The predicted octanol–water partition coefficient (Wildman–Crippen LogP) is 7.33. The van der Waals surface area contributed by atoms with Crippen molar-refractivity contribution in [3.05, 3.63) is 81.6 Å². The highest BCUT2D eigenvalue weighted by atomic mass is 19.1. The fourth-order valence-corrected chi connectivity index (χ4v) is 6.96. The Labute approximate surface area is 219 Å². The van der Waals surface area contributed by atoms with Gasteiger partial charge in [-0.25, -0.2) is 9.37 Å². The van der Waals surface area contributed by atoms with E-state index in [0.29, 0.717) is 18.7 Å². The number of hydrogen-bond acceptors (Lipinski definition) is 4.